The molecule has 0 aromatic carbocycles. The third kappa shape index (κ3) is 3.66. The minimum absolute atomic E-state index is 0. The molecule has 0 spiro atoms. The predicted molar refractivity (Wildman–Crippen MR) is 67.0 cm³/mol. The lowest BCUT2D eigenvalue weighted by atomic mass is 10.2. The van der Waals surface area contributed by atoms with Crippen molar-refractivity contribution in [3.63, 3.8) is 0 Å². The van der Waals surface area contributed by atoms with Crippen LogP contribution in [0.4, 0.5) is 0 Å². The molecule has 1 aromatic rings. The second-order valence-corrected chi connectivity index (χ2v) is 3.57. The molecule has 0 aliphatic rings. The first-order valence-electron chi connectivity index (χ1n) is 4.78. The molecule has 92 valence electrons. The van der Waals surface area contributed by atoms with Gasteiger partial charge in [0.1, 0.15) is 5.75 Å². The van der Waals surface area contributed by atoms with Crippen molar-refractivity contribution in [2.45, 2.75) is 20.0 Å². The van der Waals surface area contributed by atoms with Crippen LogP contribution in [0.15, 0.2) is 10.8 Å². The number of thiophene rings is 1. The summed E-state index contributed by atoms with van der Waals surface area (Å²) in [7, 11) is 0. The Balaban J connectivity index is 0.00000225. The summed E-state index contributed by atoms with van der Waals surface area (Å²) in [6, 6.07) is 0. The van der Waals surface area contributed by atoms with E-state index in [0.717, 1.165) is 0 Å². The zero-order chi connectivity index (χ0) is 11.3. The van der Waals surface area contributed by atoms with Gasteiger partial charge in [0.25, 0.3) is 0 Å². The van der Waals surface area contributed by atoms with Crippen molar-refractivity contribution in [3.05, 3.63) is 16.3 Å². The van der Waals surface area contributed by atoms with Gasteiger partial charge in [-0.25, -0.2) is 0 Å². The van der Waals surface area contributed by atoms with Gasteiger partial charge in [0, 0.05) is 16.3 Å². The number of aliphatic hydroxyl groups is 1. The van der Waals surface area contributed by atoms with Crippen LogP contribution >= 0.6 is 23.7 Å². The van der Waals surface area contributed by atoms with Gasteiger partial charge in [-0.1, -0.05) is 0 Å². The van der Waals surface area contributed by atoms with E-state index in [4.69, 9.17) is 14.9 Å². The third-order valence-corrected chi connectivity index (χ3v) is 2.54. The average molecular weight is 266 g/mol. The lowest BCUT2D eigenvalue weighted by Crippen LogP contribution is -2.14. The fourth-order valence-electron chi connectivity index (χ4n) is 1.14. The first-order valence-corrected chi connectivity index (χ1v) is 5.73. The molecule has 0 aliphatic carbocycles. The standard InChI is InChI=1S/C10H15NO3S.ClH/c1-3-13-8-6-15-5-7(8)9(12)10(11)14-4-2;/h5-6,9,11-12H,3-4H2,1-2H3;1H. The van der Waals surface area contributed by atoms with Gasteiger partial charge in [-0.3, -0.25) is 5.41 Å². The van der Waals surface area contributed by atoms with Crippen molar-refractivity contribution in [3.8, 4) is 5.75 Å². The van der Waals surface area contributed by atoms with E-state index < -0.39 is 6.10 Å². The van der Waals surface area contributed by atoms with Crippen LogP contribution in [0.25, 0.3) is 0 Å². The predicted octanol–water partition coefficient (Wildman–Crippen LogP) is 2.62. The SMILES string of the molecule is CCOC(=N)C(O)c1cscc1OCC.Cl. The van der Waals surface area contributed by atoms with Crippen LogP contribution in [-0.2, 0) is 4.74 Å². The minimum atomic E-state index is -1.03. The molecular formula is C10H16ClNO3S. The summed E-state index contributed by atoms with van der Waals surface area (Å²) in [6.45, 7) is 4.57. The highest BCUT2D eigenvalue weighted by molar-refractivity contribution is 7.08. The number of halogens is 1. The molecule has 0 amide bonds. The van der Waals surface area contributed by atoms with E-state index in [1.807, 2.05) is 6.92 Å². The summed E-state index contributed by atoms with van der Waals surface area (Å²) in [5.41, 5.74) is 0.598. The Bertz CT molecular complexity index is 330. The van der Waals surface area contributed by atoms with Crippen molar-refractivity contribution < 1.29 is 14.6 Å². The maximum Gasteiger partial charge on any atom is 0.215 e. The highest BCUT2D eigenvalue weighted by Gasteiger charge is 2.20. The van der Waals surface area contributed by atoms with Gasteiger partial charge in [0.2, 0.25) is 5.90 Å². The van der Waals surface area contributed by atoms with Crippen LogP contribution in [0.5, 0.6) is 5.75 Å². The average Bonchev–Trinajstić information content (AvgIpc) is 2.66. The molecule has 1 atom stereocenters. The number of nitrogens with one attached hydrogen (secondary N) is 1. The van der Waals surface area contributed by atoms with Crippen molar-refractivity contribution in [2.75, 3.05) is 13.2 Å². The van der Waals surface area contributed by atoms with E-state index in [2.05, 4.69) is 0 Å². The number of hydrogen-bond donors (Lipinski definition) is 2. The summed E-state index contributed by atoms with van der Waals surface area (Å²) in [5, 5.41) is 20.8. The van der Waals surface area contributed by atoms with Crippen LogP contribution in [0.1, 0.15) is 25.5 Å². The van der Waals surface area contributed by atoms with Crippen molar-refractivity contribution in [2.24, 2.45) is 0 Å². The largest absolute Gasteiger partial charge is 0.493 e. The zero-order valence-electron chi connectivity index (χ0n) is 9.23. The molecule has 0 aliphatic heterocycles. The van der Waals surface area contributed by atoms with Gasteiger partial charge in [0.05, 0.1) is 13.2 Å². The molecule has 1 heterocycles. The second-order valence-electron chi connectivity index (χ2n) is 2.82. The maximum absolute atomic E-state index is 9.79. The van der Waals surface area contributed by atoms with Crippen LogP contribution < -0.4 is 4.74 Å². The Morgan fingerprint density at radius 1 is 1.44 bits per heavy atom. The van der Waals surface area contributed by atoms with E-state index in [9.17, 15) is 5.11 Å². The summed E-state index contributed by atoms with van der Waals surface area (Å²) < 4.78 is 10.3. The van der Waals surface area contributed by atoms with E-state index in [-0.39, 0.29) is 18.3 Å². The summed E-state index contributed by atoms with van der Waals surface area (Å²) in [5.74, 6) is 0.483. The number of ether oxygens (including phenoxy) is 2. The monoisotopic (exact) mass is 265 g/mol. The Labute approximate surface area is 105 Å². The first kappa shape index (κ1) is 15.2. The van der Waals surface area contributed by atoms with Gasteiger partial charge in [-0.05, 0) is 13.8 Å². The Hall–Kier alpha value is -0.780. The Morgan fingerprint density at radius 3 is 2.69 bits per heavy atom. The molecule has 0 saturated carbocycles. The molecule has 16 heavy (non-hydrogen) atoms. The number of hydrogen-bond acceptors (Lipinski definition) is 5. The minimum Gasteiger partial charge on any atom is -0.493 e. The van der Waals surface area contributed by atoms with E-state index in [1.54, 1.807) is 17.7 Å². The van der Waals surface area contributed by atoms with Gasteiger partial charge in [-0.2, -0.15) is 0 Å². The second kappa shape index (κ2) is 7.49. The van der Waals surface area contributed by atoms with Gasteiger partial charge >= 0.3 is 0 Å². The molecule has 0 saturated heterocycles. The molecule has 1 rings (SSSR count). The fourth-order valence-corrected chi connectivity index (χ4v) is 1.93. The van der Waals surface area contributed by atoms with E-state index in [1.165, 1.54) is 11.3 Å². The smallest absolute Gasteiger partial charge is 0.215 e. The normalized spacial score (nSPS) is 11.4. The van der Waals surface area contributed by atoms with Crippen LogP contribution in [0.2, 0.25) is 0 Å². The van der Waals surface area contributed by atoms with Gasteiger partial charge in [-0.15, -0.1) is 23.7 Å². The molecule has 2 N–H and O–H groups in total. The van der Waals surface area contributed by atoms with Crippen molar-refractivity contribution in [1.82, 2.24) is 0 Å². The zero-order valence-corrected chi connectivity index (χ0v) is 10.9. The van der Waals surface area contributed by atoms with Gasteiger partial charge < -0.3 is 14.6 Å². The molecule has 0 radical (unpaired) electrons. The number of rotatable bonds is 5. The molecule has 1 aromatic heterocycles. The van der Waals surface area contributed by atoms with Crippen molar-refractivity contribution in [1.29, 1.82) is 5.41 Å². The summed E-state index contributed by atoms with van der Waals surface area (Å²) in [4.78, 5) is 0. The molecule has 1 unspecified atom stereocenters. The van der Waals surface area contributed by atoms with Crippen LogP contribution in [-0.4, -0.2) is 24.2 Å². The van der Waals surface area contributed by atoms with E-state index in [0.29, 0.717) is 24.5 Å². The lowest BCUT2D eigenvalue weighted by Gasteiger charge is -2.13. The topological polar surface area (TPSA) is 62.5 Å². The van der Waals surface area contributed by atoms with Crippen LogP contribution in [0.3, 0.4) is 0 Å². The summed E-state index contributed by atoms with van der Waals surface area (Å²) >= 11 is 1.43. The van der Waals surface area contributed by atoms with E-state index >= 15 is 0 Å². The quantitative estimate of drug-likeness (QED) is 0.635. The number of aliphatic hydroxyl groups excluding tert-OH is 1. The maximum atomic E-state index is 9.79. The van der Waals surface area contributed by atoms with Gasteiger partial charge in [0.15, 0.2) is 6.10 Å². The Morgan fingerprint density at radius 2 is 2.12 bits per heavy atom. The highest BCUT2D eigenvalue weighted by Crippen LogP contribution is 2.30. The fraction of sp³-hybridized carbons (Fsp3) is 0.500. The molecule has 0 bridgehead atoms. The van der Waals surface area contributed by atoms with Crippen LogP contribution in [0, 0.1) is 5.41 Å². The molecule has 0 fully saturated rings. The molecule has 6 heteroatoms. The Kier molecular flexibility index (Phi) is 7.12. The summed E-state index contributed by atoms with van der Waals surface area (Å²) in [6.07, 6.45) is -1.03. The first-order chi connectivity index (χ1) is 7.20. The molecule has 4 nitrogen and oxygen atoms in total. The van der Waals surface area contributed by atoms with Crippen molar-refractivity contribution >= 4 is 29.6 Å². The highest BCUT2D eigenvalue weighted by atomic mass is 35.5. The molecular weight excluding hydrogens is 250 g/mol. The lowest BCUT2D eigenvalue weighted by molar-refractivity contribution is 0.186. The third-order valence-electron chi connectivity index (χ3n) is 1.80.